The lowest BCUT2D eigenvalue weighted by atomic mass is 10.0. The number of benzene rings is 2. The Hall–Kier alpha value is -1.09. The predicted octanol–water partition coefficient (Wildman–Crippen LogP) is 5.05. The number of hydrogen-bond donors (Lipinski definition) is 1. The zero-order chi connectivity index (χ0) is 14.1. The maximum Gasteiger partial charge on any atom is 0.127 e. The van der Waals surface area contributed by atoms with Crippen molar-refractivity contribution in [3.05, 3.63) is 57.8 Å². The molecule has 0 bridgehead atoms. The molecule has 1 saturated carbocycles. The van der Waals surface area contributed by atoms with Gasteiger partial charge in [-0.3, -0.25) is 0 Å². The number of rotatable bonds is 4. The van der Waals surface area contributed by atoms with E-state index in [9.17, 15) is 4.39 Å². The number of halogens is 3. The summed E-state index contributed by atoms with van der Waals surface area (Å²) in [5.41, 5.74) is 2.36. The topological polar surface area (TPSA) is 12.0 Å². The van der Waals surface area contributed by atoms with Gasteiger partial charge in [0.25, 0.3) is 0 Å². The summed E-state index contributed by atoms with van der Waals surface area (Å²) in [4.78, 5) is 0. The third-order valence-electron chi connectivity index (χ3n) is 3.47. The van der Waals surface area contributed by atoms with Crippen LogP contribution in [0.25, 0.3) is 11.1 Å². The van der Waals surface area contributed by atoms with Gasteiger partial charge >= 0.3 is 0 Å². The van der Waals surface area contributed by atoms with Crippen LogP contribution in [0.15, 0.2) is 36.4 Å². The fourth-order valence-corrected chi connectivity index (χ4v) is 2.56. The van der Waals surface area contributed by atoms with E-state index in [4.69, 9.17) is 23.2 Å². The van der Waals surface area contributed by atoms with Crippen LogP contribution in [0.2, 0.25) is 10.0 Å². The van der Waals surface area contributed by atoms with Gasteiger partial charge in [-0.05, 0) is 36.6 Å². The summed E-state index contributed by atoms with van der Waals surface area (Å²) in [5.74, 6) is -0.194. The number of nitrogens with one attached hydrogen (secondary N) is 1. The van der Waals surface area contributed by atoms with Gasteiger partial charge in [0.05, 0.1) is 10.0 Å². The Balaban J connectivity index is 1.92. The molecule has 1 aliphatic rings. The van der Waals surface area contributed by atoms with Gasteiger partial charge in [-0.15, -0.1) is 0 Å². The highest BCUT2D eigenvalue weighted by Gasteiger charge is 2.20. The first-order chi connectivity index (χ1) is 9.65. The summed E-state index contributed by atoms with van der Waals surface area (Å²) >= 11 is 12.2. The summed E-state index contributed by atoms with van der Waals surface area (Å²) in [6.07, 6.45) is 2.36. The van der Waals surface area contributed by atoms with Gasteiger partial charge in [-0.1, -0.05) is 41.4 Å². The Bertz CT molecular complexity index is 638. The second-order valence-electron chi connectivity index (χ2n) is 5.06. The first-order valence-corrected chi connectivity index (χ1v) is 7.37. The molecule has 20 heavy (non-hydrogen) atoms. The molecular formula is C16H14Cl2FN. The smallest absolute Gasteiger partial charge is 0.127 e. The van der Waals surface area contributed by atoms with E-state index in [1.807, 2.05) is 18.2 Å². The third kappa shape index (κ3) is 2.98. The van der Waals surface area contributed by atoms with Gasteiger partial charge in [-0.2, -0.15) is 0 Å². The van der Waals surface area contributed by atoms with Gasteiger partial charge in [0, 0.05) is 23.7 Å². The molecule has 1 N–H and O–H groups in total. The molecule has 0 atom stereocenters. The molecule has 0 radical (unpaired) electrons. The summed E-state index contributed by atoms with van der Waals surface area (Å²) in [6.45, 7) is 0.544. The van der Waals surface area contributed by atoms with Crippen LogP contribution in [0.4, 0.5) is 4.39 Å². The summed E-state index contributed by atoms with van der Waals surface area (Å²) in [7, 11) is 0. The molecule has 104 valence electrons. The summed E-state index contributed by atoms with van der Waals surface area (Å²) in [5, 5.41) is 4.33. The maximum absolute atomic E-state index is 13.8. The van der Waals surface area contributed by atoms with Crippen molar-refractivity contribution in [1.82, 2.24) is 5.32 Å². The van der Waals surface area contributed by atoms with Crippen LogP contribution in [0, 0.1) is 5.82 Å². The lowest BCUT2D eigenvalue weighted by molar-refractivity contribution is 0.587. The van der Waals surface area contributed by atoms with Crippen molar-refractivity contribution >= 4 is 23.2 Å². The van der Waals surface area contributed by atoms with E-state index in [1.54, 1.807) is 12.1 Å². The molecule has 0 spiro atoms. The molecular weight excluding hydrogens is 296 g/mol. The van der Waals surface area contributed by atoms with Crippen LogP contribution in [0.1, 0.15) is 18.4 Å². The Kier molecular flexibility index (Phi) is 3.97. The zero-order valence-corrected chi connectivity index (χ0v) is 12.3. The predicted molar refractivity (Wildman–Crippen MR) is 81.7 cm³/mol. The Morgan fingerprint density at radius 3 is 2.70 bits per heavy atom. The lowest BCUT2D eigenvalue weighted by Gasteiger charge is -2.10. The van der Waals surface area contributed by atoms with Crippen LogP contribution in [0.5, 0.6) is 0 Å². The molecule has 0 unspecified atom stereocenters. The van der Waals surface area contributed by atoms with Gasteiger partial charge < -0.3 is 5.32 Å². The molecule has 1 fully saturated rings. The fraction of sp³-hybridized carbons (Fsp3) is 0.250. The Morgan fingerprint density at radius 1 is 1.15 bits per heavy atom. The van der Waals surface area contributed by atoms with Crippen molar-refractivity contribution in [2.24, 2.45) is 0 Å². The van der Waals surface area contributed by atoms with E-state index in [1.165, 1.54) is 18.9 Å². The zero-order valence-electron chi connectivity index (χ0n) is 10.8. The molecule has 0 aliphatic heterocycles. The van der Waals surface area contributed by atoms with Crippen LogP contribution in [-0.4, -0.2) is 6.04 Å². The number of hydrogen-bond acceptors (Lipinski definition) is 1. The Labute approximate surface area is 127 Å². The van der Waals surface area contributed by atoms with Crippen molar-refractivity contribution in [3.63, 3.8) is 0 Å². The molecule has 3 rings (SSSR count). The molecule has 1 nitrogen and oxygen atoms in total. The van der Waals surface area contributed by atoms with Gasteiger partial charge in [0.1, 0.15) is 5.82 Å². The van der Waals surface area contributed by atoms with Crippen molar-refractivity contribution in [2.75, 3.05) is 0 Å². The molecule has 2 aromatic carbocycles. The fourth-order valence-electron chi connectivity index (χ4n) is 2.15. The van der Waals surface area contributed by atoms with Gasteiger partial charge in [-0.25, -0.2) is 4.39 Å². The van der Waals surface area contributed by atoms with Gasteiger partial charge in [0.15, 0.2) is 0 Å². The molecule has 0 aromatic heterocycles. The van der Waals surface area contributed by atoms with Crippen molar-refractivity contribution in [1.29, 1.82) is 0 Å². The molecule has 0 amide bonds. The largest absolute Gasteiger partial charge is 0.310 e. The monoisotopic (exact) mass is 309 g/mol. The second-order valence-corrected chi connectivity index (χ2v) is 5.85. The highest BCUT2D eigenvalue weighted by molar-refractivity contribution is 6.43. The normalized spacial score (nSPS) is 14.6. The van der Waals surface area contributed by atoms with Crippen LogP contribution >= 0.6 is 23.2 Å². The van der Waals surface area contributed by atoms with E-state index in [2.05, 4.69) is 5.32 Å². The van der Waals surface area contributed by atoms with E-state index in [0.29, 0.717) is 28.2 Å². The van der Waals surface area contributed by atoms with E-state index in [0.717, 1.165) is 11.1 Å². The van der Waals surface area contributed by atoms with Crippen molar-refractivity contribution < 1.29 is 4.39 Å². The van der Waals surface area contributed by atoms with Crippen LogP contribution in [0.3, 0.4) is 0 Å². The van der Waals surface area contributed by atoms with E-state index < -0.39 is 0 Å². The highest BCUT2D eigenvalue weighted by atomic mass is 35.5. The minimum Gasteiger partial charge on any atom is -0.310 e. The van der Waals surface area contributed by atoms with Crippen LogP contribution < -0.4 is 5.32 Å². The first-order valence-electron chi connectivity index (χ1n) is 6.61. The van der Waals surface area contributed by atoms with E-state index >= 15 is 0 Å². The minimum absolute atomic E-state index is 0.194. The summed E-state index contributed by atoms with van der Waals surface area (Å²) < 4.78 is 13.8. The first kappa shape index (κ1) is 13.9. The Morgan fingerprint density at radius 2 is 1.95 bits per heavy atom. The lowest BCUT2D eigenvalue weighted by Crippen LogP contribution is -2.16. The van der Waals surface area contributed by atoms with Crippen molar-refractivity contribution in [3.8, 4) is 11.1 Å². The second kappa shape index (κ2) is 5.72. The van der Waals surface area contributed by atoms with Crippen molar-refractivity contribution in [2.45, 2.75) is 25.4 Å². The molecule has 4 heteroatoms. The third-order valence-corrected chi connectivity index (χ3v) is 4.29. The standard InChI is InChI=1S/C16H14Cl2FN/c17-14-3-1-2-13(16(14)18)10-4-7-15(19)11(8-10)9-20-12-5-6-12/h1-4,7-8,12,20H,5-6,9H2. The molecule has 2 aromatic rings. The van der Waals surface area contributed by atoms with Gasteiger partial charge in [0.2, 0.25) is 0 Å². The summed E-state index contributed by atoms with van der Waals surface area (Å²) in [6, 6.07) is 11.1. The molecule has 0 heterocycles. The highest BCUT2D eigenvalue weighted by Crippen LogP contribution is 2.34. The average Bonchev–Trinajstić information content (AvgIpc) is 3.25. The quantitative estimate of drug-likeness (QED) is 0.833. The SMILES string of the molecule is Fc1ccc(-c2cccc(Cl)c2Cl)cc1CNC1CC1. The molecule has 0 saturated heterocycles. The maximum atomic E-state index is 13.8. The average molecular weight is 310 g/mol. The minimum atomic E-state index is -0.194. The molecule has 1 aliphatic carbocycles. The van der Waals surface area contributed by atoms with Crippen LogP contribution in [-0.2, 0) is 6.54 Å². The van der Waals surface area contributed by atoms with E-state index in [-0.39, 0.29) is 5.82 Å².